The third-order valence-corrected chi connectivity index (χ3v) is 3.96. The second kappa shape index (κ2) is 7.42. The number of aromatic nitrogens is 5. The minimum absolute atomic E-state index is 0.0432. The van der Waals surface area contributed by atoms with Gasteiger partial charge in [-0.05, 0) is 18.2 Å². The summed E-state index contributed by atoms with van der Waals surface area (Å²) in [6, 6.07) is 1.53. The monoisotopic (exact) mass is 453 g/mol. The van der Waals surface area contributed by atoms with Crippen LogP contribution < -0.4 is 0 Å². The van der Waals surface area contributed by atoms with Gasteiger partial charge in [0.15, 0.2) is 0 Å². The van der Waals surface area contributed by atoms with Gasteiger partial charge >= 0.3 is 18.3 Å². The maximum Gasteiger partial charge on any atom is 0.458 e. The molecular weight excluding hydrogens is 442 g/mol. The SMILES string of the molecule is CC.FC(F)(F)c1cc(C(F)(F)C(F)(F)F)c2ccc3nc(-c4nnco4)cn3c2n1. The van der Waals surface area contributed by atoms with Crippen molar-refractivity contribution in [2.75, 3.05) is 0 Å². The Kier molecular flexibility index (Phi) is 5.36. The zero-order valence-corrected chi connectivity index (χ0v) is 15.6. The van der Waals surface area contributed by atoms with Crippen LogP contribution in [-0.4, -0.2) is 30.7 Å². The Balaban J connectivity index is 0.00000132. The van der Waals surface area contributed by atoms with Gasteiger partial charge in [0, 0.05) is 17.1 Å². The zero-order valence-electron chi connectivity index (χ0n) is 15.6. The molecule has 14 heteroatoms. The van der Waals surface area contributed by atoms with Crippen LogP contribution in [0, 0.1) is 0 Å². The molecule has 0 N–H and O–H groups in total. The molecule has 166 valence electrons. The second-order valence-electron chi connectivity index (χ2n) is 5.79. The van der Waals surface area contributed by atoms with E-state index in [0.717, 1.165) is 29.1 Å². The van der Waals surface area contributed by atoms with E-state index in [1.165, 1.54) is 0 Å². The van der Waals surface area contributed by atoms with E-state index in [1.807, 2.05) is 13.8 Å². The van der Waals surface area contributed by atoms with E-state index in [4.69, 9.17) is 4.42 Å². The normalized spacial score (nSPS) is 12.8. The van der Waals surface area contributed by atoms with Gasteiger partial charge in [-0.3, -0.25) is 4.40 Å². The standard InChI is InChI=1S/C15H5F8N5O.C2H6/c16-13(17,15(21,22)23)7-3-9(14(18,19)20)26-11-6(7)1-2-10-25-8(4-28(10)11)12-27-24-5-29-12;1-2/h1-5H;1-2H3. The number of imidazole rings is 1. The predicted octanol–water partition coefficient (Wildman–Crippen LogP) is 5.63. The average molecular weight is 453 g/mol. The topological polar surface area (TPSA) is 69.1 Å². The summed E-state index contributed by atoms with van der Waals surface area (Å²) in [6.45, 7) is 4.00. The molecule has 0 aliphatic heterocycles. The summed E-state index contributed by atoms with van der Waals surface area (Å²) in [5.41, 5.74) is -4.71. The van der Waals surface area contributed by atoms with Crippen LogP contribution in [0.5, 0.6) is 0 Å². The summed E-state index contributed by atoms with van der Waals surface area (Å²) in [6.07, 6.45) is -9.42. The molecule has 31 heavy (non-hydrogen) atoms. The predicted molar refractivity (Wildman–Crippen MR) is 90.1 cm³/mol. The van der Waals surface area contributed by atoms with Crippen LogP contribution in [0.15, 0.2) is 35.2 Å². The molecule has 4 aromatic rings. The van der Waals surface area contributed by atoms with Crippen LogP contribution in [0.3, 0.4) is 0 Å². The molecule has 0 aliphatic carbocycles. The Bertz CT molecular complexity index is 1210. The van der Waals surface area contributed by atoms with Crippen molar-refractivity contribution in [3.63, 3.8) is 0 Å². The highest BCUT2D eigenvalue weighted by molar-refractivity contribution is 5.84. The highest BCUT2D eigenvalue weighted by Crippen LogP contribution is 2.47. The van der Waals surface area contributed by atoms with Crippen LogP contribution in [0.4, 0.5) is 35.1 Å². The lowest BCUT2D eigenvalue weighted by Crippen LogP contribution is -2.34. The molecule has 0 aromatic carbocycles. The molecule has 4 aromatic heterocycles. The minimum atomic E-state index is -6.12. The number of fused-ring (bicyclic) bond motifs is 3. The summed E-state index contributed by atoms with van der Waals surface area (Å²) in [5.74, 6) is -5.70. The molecule has 0 unspecified atom stereocenters. The number of hydrogen-bond donors (Lipinski definition) is 0. The first-order valence-electron chi connectivity index (χ1n) is 8.51. The van der Waals surface area contributed by atoms with E-state index in [9.17, 15) is 35.1 Å². The Hall–Kier alpha value is -3.32. The highest BCUT2D eigenvalue weighted by Gasteiger charge is 2.60. The van der Waals surface area contributed by atoms with E-state index >= 15 is 0 Å². The van der Waals surface area contributed by atoms with E-state index in [2.05, 4.69) is 20.2 Å². The largest absolute Gasteiger partial charge is 0.458 e. The summed E-state index contributed by atoms with van der Waals surface area (Å²) in [4.78, 5) is 7.23. The third-order valence-electron chi connectivity index (χ3n) is 3.96. The second-order valence-corrected chi connectivity index (χ2v) is 5.79. The van der Waals surface area contributed by atoms with Gasteiger partial charge < -0.3 is 4.42 Å². The number of rotatable bonds is 2. The lowest BCUT2D eigenvalue weighted by atomic mass is 10.0. The van der Waals surface area contributed by atoms with E-state index < -0.39 is 40.6 Å². The molecule has 0 bridgehead atoms. The van der Waals surface area contributed by atoms with Gasteiger partial charge in [0.2, 0.25) is 6.39 Å². The summed E-state index contributed by atoms with van der Waals surface area (Å²) in [5, 5.41) is 6.11. The van der Waals surface area contributed by atoms with Gasteiger partial charge in [-0.15, -0.1) is 10.2 Å². The van der Waals surface area contributed by atoms with Gasteiger partial charge in [0.25, 0.3) is 5.89 Å². The summed E-state index contributed by atoms with van der Waals surface area (Å²) in [7, 11) is 0. The molecule has 0 saturated heterocycles. The fraction of sp³-hybridized carbons (Fsp3) is 0.294. The van der Waals surface area contributed by atoms with E-state index in [0.29, 0.717) is 0 Å². The maximum absolute atomic E-state index is 14.0. The number of nitrogens with zero attached hydrogens (tertiary/aromatic N) is 5. The molecule has 0 fully saturated rings. The molecule has 0 saturated carbocycles. The first kappa shape index (κ1) is 22.4. The quantitative estimate of drug-likeness (QED) is 0.368. The zero-order chi connectivity index (χ0) is 23.2. The number of hydrogen-bond acceptors (Lipinski definition) is 5. The lowest BCUT2D eigenvalue weighted by Gasteiger charge is -2.22. The maximum atomic E-state index is 14.0. The first-order chi connectivity index (χ1) is 14.4. The van der Waals surface area contributed by atoms with Gasteiger partial charge in [0.1, 0.15) is 22.7 Å². The molecule has 0 aliphatic rings. The van der Waals surface area contributed by atoms with Crippen LogP contribution >= 0.6 is 0 Å². The molecule has 4 rings (SSSR count). The molecule has 0 atom stereocenters. The van der Waals surface area contributed by atoms with Crippen molar-refractivity contribution >= 4 is 16.7 Å². The van der Waals surface area contributed by atoms with Crippen LogP contribution in [0.2, 0.25) is 0 Å². The lowest BCUT2D eigenvalue weighted by molar-refractivity contribution is -0.288. The van der Waals surface area contributed by atoms with Crippen molar-refractivity contribution in [3.05, 3.63) is 42.0 Å². The average Bonchev–Trinajstić information content (AvgIpc) is 3.36. The fourth-order valence-corrected chi connectivity index (χ4v) is 2.67. The van der Waals surface area contributed by atoms with E-state index in [1.54, 1.807) is 0 Å². The van der Waals surface area contributed by atoms with Gasteiger partial charge in [-0.25, -0.2) is 9.97 Å². The van der Waals surface area contributed by atoms with Crippen LogP contribution in [0.25, 0.3) is 28.3 Å². The molecule has 0 radical (unpaired) electrons. The summed E-state index contributed by atoms with van der Waals surface area (Å²) >= 11 is 0. The van der Waals surface area contributed by atoms with Crippen LogP contribution in [-0.2, 0) is 12.1 Å². The number of alkyl halides is 8. The fourth-order valence-electron chi connectivity index (χ4n) is 2.67. The Morgan fingerprint density at radius 3 is 2.16 bits per heavy atom. The highest BCUT2D eigenvalue weighted by atomic mass is 19.4. The van der Waals surface area contributed by atoms with Gasteiger partial charge in [0.05, 0.1) is 0 Å². The van der Waals surface area contributed by atoms with Crippen molar-refractivity contribution < 1.29 is 39.5 Å². The van der Waals surface area contributed by atoms with E-state index in [-0.39, 0.29) is 23.3 Å². The smallest absolute Gasteiger partial charge is 0.422 e. The Labute approximate surface area is 167 Å². The van der Waals surface area contributed by atoms with Gasteiger partial charge in [-0.2, -0.15) is 35.1 Å². The van der Waals surface area contributed by atoms with Crippen molar-refractivity contribution in [2.45, 2.75) is 32.1 Å². The summed E-state index contributed by atoms with van der Waals surface area (Å²) < 4.78 is 112. The molecule has 6 nitrogen and oxygen atoms in total. The Morgan fingerprint density at radius 2 is 1.61 bits per heavy atom. The molecule has 4 heterocycles. The first-order valence-corrected chi connectivity index (χ1v) is 8.51. The van der Waals surface area contributed by atoms with Gasteiger partial charge in [-0.1, -0.05) is 13.8 Å². The van der Waals surface area contributed by atoms with Crippen molar-refractivity contribution in [2.24, 2.45) is 0 Å². The number of halogens is 8. The van der Waals surface area contributed by atoms with Crippen molar-refractivity contribution in [1.29, 1.82) is 0 Å². The Morgan fingerprint density at radius 1 is 0.935 bits per heavy atom. The minimum Gasteiger partial charge on any atom is -0.422 e. The van der Waals surface area contributed by atoms with Crippen molar-refractivity contribution in [3.8, 4) is 11.6 Å². The van der Waals surface area contributed by atoms with Crippen molar-refractivity contribution in [1.82, 2.24) is 24.6 Å². The third kappa shape index (κ3) is 3.77. The molecular formula is C17H11F8N5O. The van der Waals surface area contributed by atoms with Crippen LogP contribution in [0.1, 0.15) is 25.1 Å². The molecule has 0 amide bonds. The number of pyridine rings is 2. The molecule has 0 spiro atoms.